The van der Waals surface area contributed by atoms with Gasteiger partial charge in [0, 0.05) is 77.5 Å². The summed E-state index contributed by atoms with van der Waals surface area (Å²) in [6.45, 7) is 5.42. The quantitative estimate of drug-likeness (QED) is 0.125. The summed E-state index contributed by atoms with van der Waals surface area (Å²) >= 11 is 0. The molecule has 4 unspecified atom stereocenters. The third-order valence-corrected chi connectivity index (χ3v) is 17.2. The number of ether oxygens (including phenoxy) is 2. The minimum atomic E-state index is -3.78. The second-order valence-electron chi connectivity index (χ2n) is 14.3. The van der Waals surface area contributed by atoms with Gasteiger partial charge in [-0.3, -0.25) is 19.6 Å². The van der Waals surface area contributed by atoms with Crippen LogP contribution in [-0.2, 0) is 61.9 Å². The fourth-order valence-corrected chi connectivity index (χ4v) is 13.0. The van der Waals surface area contributed by atoms with Crippen molar-refractivity contribution >= 4 is 50.7 Å². The van der Waals surface area contributed by atoms with Gasteiger partial charge >= 0.3 is 34.1 Å². The monoisotopic (exact) mass is 1020 g/mol. The average Bonchev–Trinajstić information content (AvgIpc) is 3.39. The predicted molar refractivity (Wildman–Crippen MR) is 229 cm³/mol. The van der Waals surface area contributed by atoms with Gasteiger partial charge in [-0.15, -0.1) is 0 Å². The maximum absolute atomic E-state index is 12.7. The van der Waals surface area contributed by atoms with E-state index < -0.39 is 29.5 Å². The van der Waals surface area contributed by atoms with Crippen molar-refractivity contribution in [2.45, 2.75) is 0 Å². The van der Waals surface area contributed by atoms with E-state index in [0.717, 1.165) is 0 Å². The van der Waals surface area contributed by atoms with Gasteiger partial charge in [-0.2, -0.15) is 0 Å². The summed E-state index contributed by atoms with van der Waals surface area (Å²) in [5.41, 5.74) is 0. The molecule has 342 valence electrons. The first kappa shape index (κ1) is 58.4. The second-order valence-corrected chi connectivity index (χ2v) is 22.9. The van der Waals surface area contributed by atoms with E-state index in [1.807, 2.05) is 19.6 Å². The molecule has 2 saturated heterocycles. The zero-order valence-electron chi connectivity index (χ0n) is 34.3. The molecule has 0 saturated carbocycles. The van der Waals surface area contributed by atoms with Gasteiger partial charge in [0.25, 0.3) is 0 Å². The van der Waals surface area contributed by atoms with Gasteiger partial charge in [0.2, 0.25) is 0 Å². The molecule has 4 aromatic rings. The van der Waals surface area contributed by atoms with Crippen LogP contribution in [0.15, 0.2) is 121 Å². The normalized spacial score (nSPS) is 19.9. The van der Waals surface area contributed by atoms with Crippen molar-refractivity contribution in [2.24, 2.45) is 0 Å². The Balaban J connectivity index is 0.000000582. The number of hydrogen-bond acceptors (Lipinski definition) is 14. The van der Waals surface area contributed by atoms with Gasteiger partial charge in [-0.25, -0.2) is 0 Å². The van der Waals surface area contributed by atoms with Crippen LogP contribution in [0.25, 0.3) is 0 Å². The topological polar surface area (TPSA) is 255 Å². The molecule has 4 N–H and O–H groups in total. The van der Waals surface area contributed by atoms with Gasteiger partial charge in [-0.1, -0.05) is 121 Å². The molecule has 2 fully saturated rings. The van der Waals surface area contributed by atoms with Gasteiger partial charge in [0.05, 0.1) is 55.9 Å². The Morgan fingerprint density at radius 2 is 0.532 bits per heavy atom. The van der Waals surface area contributed by atoms with Gasteiger partial charge in [0.15, 0.2) is 0 Å². The van der Waals surface area contributed by atoms with E-state index in [4.69, 9.17) is 9.47 Å². The van der Waals surface area contributed by atoms with Crippen molar-refractivity contribution in [3.8, 4) is 0 Å². The molecule has 6 rings (SSSR count). The summed E-state index contributed by atoms with van der Waals surface area (Å²) in [6.07, 6.45) is -0.381. The summed E-state index contributed by atoms with van der Waals surface area (Å²) in [7, 11) is -15.1. The van der Waals surface area contributed by atoms with E-state index in [1.54, 1.807) is 121 Å². The van der Waals surface area contributed by atoms with Crippen LogP contribution >= 0.6 is 29.5 Å². The Morgan fingerprint density at radius 3 is 0.710 bits per heavy atom. The largest absolute Gasteiger partial charge is 2.00 e. The van der Waals surface area contributed by atoms with Gasteiger partial charge in [0.1, 0.15) is 0 Å². The van der Waals surface area contributed by atoms with Crippen LogP contribution in [0.5, 0.6) is 0 Å². The van der Waals surface area contributed by atoms with Crippen LogP contribution in [0.1, 0.15) is 0 Å². The fraction of sp³-hybridized carbons (Fsp3) is 0.400. The van der Waals surface area contributed by atoms with Crippen LogP contribution in [0, 0.1) is 0 Å². The molecule has 0 amide bonds. The molecule has 2 radical (unpaired) electrons. The van der Waals surface area contributed by atoms with E-state index in [-0.39, 0.29) is 70.2 Å². The molecule has 2 aliphatic heterocycles. The van der Waals surface area contributed by atoms with Crippen molar-refractivity contribution < 1.29 is 92.4 Å². The third-order valence-electron chi connectivity index (χ3n) is 9.82. The van der Waals surface area contributed by atoms with Gasteiger partial charge in [-0.05, 0) is 21.2 Å². The summed E-state index contributed by atoms with van der Waals surface area (Å²) in [5, 5.41) is 1.24. The van der Waals surface area contributed by atoms with Crippen molar-refractivity contribution in [3.63, 3.8) is 0 Å². The van der Waals surface area contributed by atoms with E-state index in [2.05, 4.69) is 0 Å². The first-order valence-corrected chi connectivity index (χ1v) is 26.5. The standard InChI is InChI=1S/2C20H28N2O5P2.2Mn.2H2O/c2*23-28(24,19-7-3-1-4-8-19)17-21-11-12-22(14-16-27-15-13-21)18-29(25,26)20-9-5-2-6-10-20;;;;/h2*1-10H,11-18H2,(H,23,24)(H,25,26);;;2*1H2/q;;2*+2;;/p-4. The maximum atomic E-state index is 12.7. The minimum Gasteiger partial charge on any atom is -0.795 e. The average molecular weight is 1020 g/mol. The van der Waals surface area contributed by atoms with E-state index in [9.17, 15) is 37.8 Å². The first-order chi connectivity index (χ1) is 27.7. The third kappa shape index (κ3) is 19.1. The molecule has 4 aromatic carbocycles. The molecular formula is C40H56Mn2N4O12P4. The number of rotatable bonds is 12. The number of nitrogens with zero attached hydrogens (tertiary/aromatic N) is 4. The SMILES string of the molecule is O.O.O=P([O-])(CN1CCOCCN(CP(=O)([O-])c2ccccc2)CC1)c1ccccc1.O=P([O-])(CN1CCOCCN(CP(=O)([O-])c2ccccc2)CC1)c1ccccc1.[Mn+2].[Mn+2]. The molecular weight excluding hydrogens is 962 g/mol. The Bertz CT molecular complexity index is 1750. The van der Waals surface area contributed by atoms with Crippen LogP contribution in [0.4, 0.5) is 0 Å². The predicted octanol–water partition coefficient (Wildman–Crippen LogP) is -0.728. The fourth-order valence-electron chi connectivity index (χ4n) is 6.56. The van der Waals surface area contributed by atoms with Crippen molar-refractivity contribution in [1.82, 2.24) is 19.6 Å². The molecule has 62 heavy (non-hydrogen) atoms. The summed E-state index contributed by atoms with van der Waals surface area (Å²) in [4.78, 5) is 58.1. The van der Waals surface area contributed by atoms with Crippen LogP contribution in [0.3, 0.4) is 0 Å². The molecule has 0 spiro atoms. The Morgan fingerprint density at radius 1 is 0.355 bits per heavy atom. The molecule has 0 aromatic heterocycles. The summed E-state index contributed by atoms with van der Waals surface area (Å²) in [5.74, 6) is 0. The first-order valence-electron chi connectivity index (χ1n) is 19.2. The molecule has 4 atom stereocenters. The molecule has 2 aliphatic rings. The Hall–Kier alpha value is -1.64. The molecule has 0 bridgehead atoms. The summed E-state index contributed by atoms with van der Waals surface area (Å²) < 4.78 is 62.0. The van der Waals surface area contributed by atoms with Crippen molar-refractivity contribution in [3.05, 3.63) is 121 Å². The molecule has 0 aliphatic carbocycles. The van der Waals surface area contributed by atoms with Gasteiger partial charge < -0.3 is 58.3 Å². The minimum absolute atomic E-state index is 0. The van der Waals surface area contributed by atoms with Crippen LogP contribution < -0.4 is 40.8 Å². The zero-order chi connectivity index (χ0) is 41.5. The summed E-state index contributed by atoms with van der Waals surface area (Å²) in [6, 6.07) is 33.6. The second kappa shape index (κ2) is 28.4. The van der Waals surface area contributed by atoms with E-state index >= 15 is 0 Å². The maximum Gasteiger partial charge on any atom is 2.00 e. The van der Waals surface area contributed by atoms with Crippen molar-refractivity contribution in [1.29, 1.82) is 0 Å². The zero-order valence-corrected chi connectivity index (χ0v) is 40.2. The van der Waals surface area contributed by atoms with Crippen molar-refractivity contribution in [2.75, 3.05) is 104 Å². The molecule has 22 heteroatoms. The van der Waals surface area contributed by atoms with E-state index in [0.29, 0.717) is 100 Å². The van der Waals surface area contributed by atoms with Crippen LogP contribution in [-0.4, -0.2) is 134 Å². The van der Waals surface area contributed by atoms with Crippen LogP contribution in [0.2, 0.25) is 0 Å². The van der Waals surface area contributed by atoms with E-state index in [1.165, 1.54) is 0 Å². The Kier molecular flexibility index (Phi) is 26.7. The Labute approximate surface area is 386 Å². The number of benzene rings is 4. The smallest absolute Gasteiger partial charge is 0.795 e. The molecule has 2 heterocycles. The number of hydrogen-bond donors (Lipinski definition) is 0. The molecule has 16 nitrogen and oxygen atoms in total.